The molecule has 17 heavy (non-hydrogen) atoms. The fraction of sp³-hybridized carbons (Fsp3) is 0.750. The van der Waals surface area contributed by atoms with Crippen molar-refractivity contribution in [2.24, 2.45) is 5.92 Å². The predicted molar refractivity (Wildman–Crippen MR) is 59.4 cm³/mol. The quantitative estimate of drug-likeness (QED) is 0.530. The van der Waals surface area contributed by atoms with Crippen LogP contribution in [0.4, 0.5) is 13.2 Å². The molecule has 0 aliphatic carbocycles. The molecule has 5 heteroatoms. The Labute approximate surface area is 99.8 Å². The van der Waals surface area contributed by atoms with Crippen LogP contribution in [-0.2, 0) is 9.53 Å². The monoisotopic (exact) mass is 252 g/mol. The average molecular weight is 252 g/mol. The van der Waals surface area contributed by atoms with Gasteiger partial charge in [-0.1, -0.05) is 40.2 Å². The lowest BCUT2D eigenvalue weighted by molar-refractivity contribution is -0.157. The summed E-state index contributed by atoms with van der Waals surface area (Å²) in [4.78, 5) is 11.2. The largest absolute Gasteiger partial charge is 0.459 e. The van der Waals surface area contributed by atoms with Gasteiger partial charge in [0.15, 0.2) is 0 Å². The van der Waals surface area contributed by atoms with Crippen molar-refractivity contribution < 1.29 is 22.7 Å². The molecule has 0 aliphatic rings. The first kappa shape index (κ1) is 16.0. The molecule has 0 amide bonds. The van der Waals surface area contributed by atoms with Crippen LogP contribution in [0.2, 0.25) is 0 Å². The van der Waals surface area contributed by atoms with E-state index in [1.807, 2.05) is 20.8 Å². The summed E-state index contributed by atoms with van der Waals surface area (Å²) in [6.45, 7) is 8.30. The predicted octanol–water partition coefficient (Wildman–Crippen LogP) is 3.86. The molecule has 0 rings (SSSR count). The zero-order valence-corrected chi connectivity index (χ0v) is 10.4. The molecule has 0 radical (unpaired) electrons. The third-order valence-electron chi connectivity index (χ3n) is 2.43. The number of alkyl halides is 3. The van der Waals surface area contributed by atoms with Gasteiger partial charge in [-0.3, -0.25) is 0 Å². The van der Waals surface area contributed by atoms with Gasteiger partial charge in [-0.25, -0.2) is 4.79 Å². The molecular formula is C12H19F3O2. The fourth-order valence-electron chi connectivity index (χ4n) is 1.26. The van der Waals surface area contributed by atoms with Gasteiger partial charge in [0, 0.05) is 0 Å². The van der Waals surface area contributed by atoms with Crippen LogP contribution < -0.4 is 0 Å². The number of carbonyl (C=O) groups excluding carboxylic acids is 1. The van der Waals surface area contributed by atoms with Gasteiger partial charge in [-0.15, -0.1) is 0 Å². The number of unbranched alkanes of at least 4 members (excludes halogenated alkanes) is 1. The van der Waals surface area contributed by atoms with Gasteiger partial charge in [-0.05, 0) is 12.3 Å². The van der Waals surface area contributed by atoms with Gasteiger partial charge < -0.3 is 4.74 Å². The molecule has 0 spiro atoms. The smallest absolute Gasteiger partial charge is 0.422 e. The van der Waals surface area contributed by atoms with Crippen LogP contribution in [-0.4, -0.2) is 18.2 Å². The lowest BCUT2D eigenvalue weighted by Gasteiger charge is -2.22. The molecule has 0 bridgehead atoms. The Bertz CT molecular complexity index is 269. The van der Waals surface area contributed by atoms with Crippen LogP contribution in [0.5, 0.6) is 0 Å². The van der Waals surface area contributed by atoms with E-state index in [0.29, 0.717) is 6.42 Å². The van der Waals surface area contributed by atoms with E-state index < -0.39 is 23.8 Å². The topological polar surface area (TPSA) is 26.3 Å². The molecule has 100 valence electrons. The second-order valence-corrected chi connectivity index (χ2v) is 4.31. The summed E-state index contributed by atoms with van der Waals surface area (Å²) in [7, 11) is 0. The van der Waals surface area contributed by atoms with E-state index in [4.69, 9.17) is 4.74 Å². The summed E-state index contributed by atoms with van der Waals surface area (Å²) in [6.07, 6.45) is -2.91. The summed E-state index contributed by atoms with van der Waals surface area (Å²) < 4.78 is 41.5. The maximum atomic E-state index is 12.2. The zero-order valence-electron chi connectivity index (χ0n) is 10.4. The summed E-state index contributed by atoms with van der Waals surface area (Å²) in [5.41, 5.74) is -1.44. The van der Waals surface area contributed by atoms with E-state index in [0.717, 1.165) is 12.8 Å². The highest BCUT2D eigenvalue weighted by molar-refractivity contribution is 5.89. The molecule has 0 fully saturated rings. The highest BCUT2D eigenvalue weighted by Crippen LogP contribution is 2.26. The first-order chi connectivity index (χ1) is 7.70. The van der Waals surface area contributed by atoms with Crippen LogP contribution in [0.1, 0.15) is 40.0 Å². The molecular weight excluding hydrogens is 233 g/mol. The minimum absolute atomic E-state index is 0.00784. The number of esters is 1. The molecule has 0 heterocycles. The summed E-state index contributed by atoms with van der Waals surface area (Å²) in [6, 6.07) is 0. The minimum atomic E-state index is -4.72. The van der Waals surface area contributed by atoms with Crippen molar-refractivity contribution in [1.29, 1.82) is 0 Å². The molecule has 0 N–H and O–H groups in total. The standard InChI is InChI=1S/C12H19F3O2/c1-5-6-7-10(8(2)3)17-11(16)9(4)12(13,14)15/h8,10H,4-7H2,1-3H3. The lowest BCUT2D eigenvalue weighted by Crippen LogP contribution is -2.28. The van der Waals surface area contributed by atoms with E-state index in [2.05, 4.69) is 6.58 Å². The zero-order chi connectivity index (χ0) is 13.6. The Kier molecular flexibility index (Phi) is 6.27. The van der Waals surface area contributed by atoms with E-state index in [1.54, 1.807) is 0 Å². The van der Waals surface area contributed by atoms with Crippen LogP contribution in [0, 0.1) is 5.92 Å². The number of ether oxygens (including phenoxy) is 1. The summed E-state index contributed by atoms with van der Waals surface area (Å²) in [5, 5.41) is 0. The van der Waals surface area contributed by atoms with Gasteiger partial charge in [0.1, 0.15) is 11.7 Å². The molecule has 0 aromatic carbocycles. The van der Waals surface area contributed by atoms with Crippen molar-refractivity contribution in [1.82, 2.24) is 0 Å². The van der Waals surface area contributed by atoms with E-state index in [9.17, 15) is 18.0 Å². The van der Waals surface area contributed by atoms with E-state index in [1.165, 1.54) is 0 Å². The van der Waals surface area contributed by atoms with Crippen molar-refractivity contribution in [2.45, 2.75) is 52.3 Å². The second-order valence-electron chi connectivity index (χ2n) is 4.31. The highest BCUT2D eigenvalue weighted by Gasteiger charge is 2.38. The lowest BCUT2D eigenvalue weighted by atomic mass is 10.0. The number of carbonyl (C=O) groups is 1. The maximum Gasteiger partial charge on any atom is 0.422 e. The normalized spacial score (nSPS) is 13.6. The van der Waals surface area contributed by atoms with E-state index >= 15 is 0 Å². The van der Waals surface area contributed by atoms with Crippen molar-refractivity contribution in [3.05, 3.63) is 12.2 Å². The van der Waals surface area contributed by atoms with Crippen molar-refractivity contribution in [3.63, 3.8) is 0 Å². The first-order valence-corrected chi connectivity index (χ1v) is 5.67. The fourth-order valence-corrected chi connectivity index (χ4v) is 1.26. The van der Waals surface area contributed by atoms with Crippen LogP contribution in [0.15, 0.2) is 12.2 Å². The van der Waals surface area contributed by atoms with Crippen molar-refractivity contribution in [2.75, 3.05) is 0 Å². The maximum absolute atomic E-state index is 12.2. The number of halogens is 3. The van der Waals surface area contributed by atoms with Crippen LogP contribution in [0.3, 0.4) is 0 Å². The van der Waals surface area contributed by atoms with E-state index in [-0.39, 0.29) is 5.92 Å². The molecule has 0 saturated carbocycles. The first-order valence-electron chi connectivity index (χ1n) is 5.67. The Hall–Kier alpha value is -1.00. The SMILES string of the molecule is C=C(C(=O)OC(CCCC)C(C)C)C(F)(F)F. The van der Waals surface area contributed by atoms with Gasteiger partial charge in [0.05, 0.1) is 0 Å². The molecule has 0 aliphatic heterocycles. The number of rotatable bonds is 6. The molecule has 1 unspecified atom stereocenters. The Morgan fingerprint density at radius 2 is 1.88 bits per heavy atom. The third-order valence-corrected chi connectivity index (χ3v) is 2.43. The Morgan fingerprint density at radius 1 is 1.35 bits per heavy atom. The van der Waals surface area contributed by atoms with Gasteiger partial charge in [0.2, 0.25) is 0 Å². The molecule has 0 aromatic heterocycles. The molecule has 2 nitrogen and oxygen atoms in total. The third kappa shape index (κ3) is 5.75. The van der Waals surface area contributed by atoms with Crippen LogP contribution >= 0.6 is 0 Å². The summed E-state index contributed by atoms with van der Waals surface area (Å²) in [5.74, 6) is -1.38. The number of hydrogen-bond donors (Lipinski definition) is 0. The van der Waals surface area contributed by atoms with Gasteiger partial charge in [0.25, 0.3) is 0 Å². The molecule has 0 saturated heterocycles. The Morgan fingerprint density at radius 3 is 2.24 bits per heavy atom. The minimum Gasteiger partial charge on any atom is -0.459 e. The van der Waals surface area contributed by atoms with Gasteiger partial charge >= 0.3 is 12.1 Å². The Balaban J connectivity index is 4.46. The second kappa shape index (κ2) is 6.67. The highest BCUT2D eigenvalue weighted by atomic mass is 19.4. The average Bonchev–Trinajstić information content (AvgIpc) is 2.20. The van der Waals surface area contributed by atoms with Crippen molar-refractivity contribution >= 4 is 5.97 Å². The molecule has 1 atom stereocenters. The van der Waals surface area contributed by atoms with Crippen molar-refractivity contribution in [3.8, 4) is 0 Å². The summed E-state index contributed by atoms with van der Waals surface area (Å²) >= 11 is 0. The van der Waals surface area contributed by atoms with Gasteiger partial charge in [-0.2, -0.15) is 13.2 Å². The number of hydrogen-bond acceptors (Lipinski definition) is 2. The van der Waals surface area contributed by atoms with Crippen LogP contribution in [0.25, 0.3) is 0 Å². The molecule has 0 aromatic rings.